The Hall–Kier alpha value is -0.270. The predicted octanol–water partition coefficient (Wildman–Crippen LogP) is 3.22. The fourth-order valence-electron chi connectivity index (χ4n) is 1.52. The van der Waals surface area contributed by atoms with Gasteiger partial charge in [-0.2, -0.15) is 0 Å². The first kappa shape index (κ1) is 10.8. The highest BCUT2D eigenvalue weighted by Crippen LogP contribution is 2.22. The van der Waals surface area contributed by atoms with Gasteiger partial charge in [0.15, 0.2) is 0 Å². The van der Waals surface area contributed by atoms with Crippen LogP contribution in [0.25, 0.3) is 0 Å². The molecule has 1 nitrogen and oxygen atoms in total. The van der Waals surface area contributed by atoms with Crippen LogP contribution in [0.2, 0.25) is 0 Å². The average molecular weight is 200 g/mol. The molecular weight excluding hydrogens is 182 g/mol. The molecule has 1 N–H and O–H groups in total. The molecule has 0 radical (unpaired) electrons. The van der Waals surface area contributed by atoms with Gasteiger partial charge in [-0.15, -0.1) is 0 Å². The first-order valence-corrected chi connectivity index (χ1v) is 5.26. The number of halogens is 1. The van der Waals surface area contributed by atoms with Crippen molar-refractivity contribution in [3.05, 3.63) is 23.3 Å². The molecule has 0 aromatic carbocycles. The molecule has 74 valence electrons. The van der Waals surface area contributed by atoms with E-state index in [1.54, 1.807) is 5.54 Å². The average Bonchev–Trinajstić information content (AvgIpc) is 2.15. The van der Waals surface area contributed by atoms with Gasteiger partial charge in [0.2, 0.25) is 0 Å². The lowest BCUT2D eigenvalue weighted by Crippen LogP contribution is -2.43. The van der Waals surface area contributed by atoms with Gasteiger partial charge >= 0.3 is 0 Å². The van der Waals surface area contributed by atoms with E-state index in [-0.39, 0.29) is 5.54 Å². The van der Waals surface area contributed by atoms with E-state index in [0.29, 0.717) is 0 Å². The fourth-order valence-corrected chi connectivity index (χ4v) is 1.59. The van der Waals surface area contributed by atoms with Crippen molar-refractivity contribution < 1.29 is 0 Å². The quantitative estimate of drug-likeness (QED) is 0.689. The molecule has 0 aliphatic heterocycles. The van der Waals surface area contributed by atoms with Crippen LogP contribution in [0.1, 0.15) is 33.1 Å². The summed E-state index contributed by atoms with van der Waals surface area (Å²) in [4.78, 5) is 0. The summed E-state index contributed by atoms with van der Waals surface area (Å²) >= 11 is 5.60. The van der Waals surface area contributed by atoms with Crippen molar-refractivity contribution in [2.24, 2.45) is 0 Å². The summed E-state index contributed by atoms with van der Waals surface area (Å²) in [6.07, 6.45) is 8.05. The minimum Gasteiger partial charge on any atom is -0.307 e. The van der Waals surface area contributed by atoms with E-state index in [0.717, 1.165) is 13.0 Å². The van der Waals surface area contributed by atoms with E-state index in [1.807, 2.05) is 6.92 Å². The highest BCUT2D eigenvalue weighted by Gasteiger charge is 2.22. The largest absolute Gasteiger partial charge is 0.307 e. The molecule has 13 heavy (non-hydrogen) atoms. The molecule has 1 atom stereocenters. The van der Waals surface area contributed by atoms with Crippen molar-refractivity contribution >= 4 is 11.6 Å². The van der Waals surface area contributed by atoms with E-state index in [4.69, 9.17) is 11.6 Å². The fraction of sp³-hybridized carbons (Fsp3) is 0.636. The van der Waals surface area contributed by atoms with Gasteiger partial charge in [-0.05, 0) is 38.7 Å². The van der Waals surface area contributed by atoms with Crippen molar-refractivity contribution in [1.29, 1.82) is 0 Å². The molecule has 0 bridgehead atoms. The molecule has 0 heterocycles. The monoisotopic (exact) mass is 199 g/mol. The predicted molar refractivity (Wildman–Crippen MR) is 59.0 cm³/mol. The van der Waals surface area contributed by atoms with Crippen LogP contribution in [0.5, 0.6) is 0 Å². The summed E-state index contributed by atoms with van der Waals surface area (Å²) in [6.45, 7) is 5.22. The van der Waals surface area contributed by atoms with E-state index in [1.165, 1.54) is 18.4 Å². The highest BCUT2D eigenvalue weighted by molar-refractivity contribution is 6.25. The topological polar surface area (TPSA) is 12.0 Å². The third-order valence-corrected chi connectivity index (χ3v) is 2.95. The number of nitrogens with one attached hydrogen (secondary N) is 1. The van der Waals surface area contributed by atoms with Gasteiger partial charge in [0.05, 0.1) is 0 Å². The van der Waals surface area contributed by atoms with Crippen LogP contribution in [0, 0.1) is 0 Å². The number of hydrogen-bond donors (Lipinski definition) is 1. The Balaban J connectivity index is 2.38. The molecule has 0 saturated carbocycles. The van der Waals surface area contributed by atoms with Crippen LogP contribution in [-0.2, 0) is 0 Å². The zero-order valence-corrected chi connectivity index (χ0v) is 9.19. The molecule has 0 fully saturated rings. The lowest BCUT2D eigenvalue weighted by molar-refractivity contribution is 0.337. The van der Waals surface area contributed by atoms with Gasteiger partial charge in [0.1, 0.15) is 0 Å². The van der Waals surface area contributed by atoms with Gasteiger partial charge in [-0.1, -0.05) is 23.8 Å². The van der Waals surface area contributed by atoms with Gasteiger partial charge in [-0.25, -0.2) is 0 Å². The van der Waals surface area contributed by atoms with Crippen LogP contribution in [0.4, 0.5) is 0 Å². The Morgan fingerprint density at radius 3 is 2.92 bits per heavy atom. The normalized spacial score (nSPS) is 29.3. The maximum atomic E-state index is 5.60. The molecule has 0 spiro atoms. The Morgan fingerprint density at radius 1 is 1.62 bits per heavy atom. The summed E-state index contributed by atoms with van der Waals surface area (Å²) < 4.78 is 0. The van der Waals surface area contributed by atoms with Crippen LogP contribution in [-0.4, -0.2) is 12.1 Å². The lowest BCUT2D eigenvalue weighted by Gasteiger charge is -2.32. The SMILES string of the molecule is C/C(=C/Cl)CNC1(C)CC=CCC1. The van der Waals surface area contributed by atoms with Crippen LogP contribution in [0.3, 0.4) is 0 Å². The molecular formula is C11H18ClN. The van der Waals surface area contributed by atoms with Crippen LogP contribution in [0.15, 0.2) is 23.3 Å². The molecule has 1 rings (SSSR count). The first-order valence-electron chi connectivity index (χ1n) is 4.82. The molecule has 1 unspecified atom stereocenters. The maximum Gasteiger partial charge on any atom is 0.0193 e. The summed E-state index contributed by atoms with van der Waals surface area (Å²) in [7, 11) is 0. The van der Waals surface area contributed by atoms with E-state index >= 15 is 0 Å². The summed E-state index contributed by atoms with van der Waals surface area (Å²) in [5, 5.41) is 3.54. The molecule has 2 heteroatoms. The third kappa shape index (κ3) is 3.53. The summed E-state index contributed by atoms with van der Waals surface area (Å²) in [5.74, 6) is 0. The number of allylic oxidation sites excluding steroid dienone is 1. The second-order valence-electron chi connectivity index (χ2n) is 4.08. The minimum atomic E-state index is 0.274. The van der Waals surface area contributed by atoms with Crippen molar-refractivity contribution in [2.75, 3.05) is 6.54 Å². The lowest BCUT2D eigenvalue weighted by atomic mass is 9.87. The Kier molecular flexibility index (Phi) is 4.01. The molecule has 1 aliphatic carbocycles. The molecule has 1 aliphatic rings. The van der Waals surface area contributed by atoms with Gasteiger partial charge in [-0.3, -0.25) is 0 Å². The Bertz CT molecular complexity index is 220. The first-order chi connectivity index (χ1) is 6.16. The van der Waals surface area contributed by atoms with Crippen molar-refractivity contribution in [2.45, 2.75) is 38.6 Å². The molecule has 0 amide bonds. The van der Waals surface area contributed by atoms with Crippen LogP contribution < -0.4 is 5.32 Å². The second-order valence-corrected chi connectivity index (χ2v) is 4.30. The van der Waals surface area contributed by atoms with Gasteiger partial charge in [0, 0.05) is 17.6 Å². The summed E-state index contributed by atoms with van der Waals surface area (Å²) in [6, 6.07) is 0. The van der Waals surface area contributed by atoms with Crippen molar-refractivity contribution in [3.8, 4) is 0 Å². The second kappa shape index (κ2) is 4.83. The zero-order chi connectivity index (χ0) is 9.73. The van der Waals surface area contributed by atoms with E-state index < -0.39 is 0 Å². The zero-order valence-electron chi connectivity index (χ0n) is 8.44. The highest BCUT2D eigenvalue weighted by atomic mass is 35.5. The molecule has 0 saturated heterocycles. The standard InChI is InChI=1S/C11H18ClN/c1-10(8-12)9-13-11(2)6-4-3-5-7-11/h3-4,8,13H,5-7,9H2,1-2H3/b10-8-. The van der Waals surface area contributed by atoms with Crippen LogP contribution >= 0.6 is 11.6 Å². The number of hydrogen-bond acceptors (Lipinski definition) is 1. The minimum absolute atomic E-state index is 0.274. The molecule has 0 aromatic rings. The smallest absolute Gasteiger partial charge is 0.0193 e. The number of rotatable bonds is 3. The van der Waals surface area contributed by atoms with E-state index in [9.17, 15) is 0 Å². The maximum absolute atomic E-state index is 5.60. The van der Waals surface area contributed by atoms with E-state index in [2.05, 4.69) is 24.4 Å². The van der Waals surface area contributed by atoms with Gasteiger partial charge in [0.25, 0.3) is 0 Å². The van der Waals surface area contributed by atoms with Crippen molar-refractivity contribution in [1.82, 2.24) is 5.32 Å². The third-order valence-electron chi connectivity index (χ3n) is 2.58. The summed E-state index contributed by atoms with van der Waals surface area (Å²) in [5.41, 5.74) is 3.11. The van der Waals surface area contributed by atoms with Crippen molar-refractivity contribution in [3.63, 3.8) is 0 Å². The Labute approximate surface area is 85.9 Å². The Morgan fingerprint density at radius 2 is 2.38 bits per heavy atom. The molecule has 0 aromatic heterocycles. The van der Waals surface area contributed by atoms with Gasteiger partial charge < -0.3 is 5.32 Å².